The Hall–Kier alpha value is -1.88. The molecule has 6 aromatic rings. The Bertz CT molecular complexity index is 1770. The van der Waals surface area contributed by atoms with E-state index >= 15 is 0 Å². The van der Waals surface area contributed by atoms with Crippen molar-refractivity contribution in [3.05, 3.63) is 82.6 Å². The number of hydrogen-bond acceptors (Lipinski definition) is 6. The van der Waals surface area contributed by atoms with Crippen molar-refractivity contribution in [1.29, 1.82) is 0 Å². The van der Waals surface area contributed by atoms with Crippen LogP contribution in [0.5, 0.6) is 0 Å². The summed E-state index contributed by atoms with van der Waals surface area (Å²) in [6, 6.07) is 27.9. The van der Waals surface area contributed by atoms with Crippen molar-refractivity contribution in [3.63, 3.8) is 0 Å². The minimum absolute atomic E-state index is 1.07. The monoisotopic (exact) mass is 778 g/mol. The van der Waals surface area contributed by atoms with E-state index in [0.717, 1.165) is 8.97 Å². The predicted octanol–water partition coefficient (Wildman–Crippen LogP) is 14.0. The van der Waals surface area contributed by atoms with Crippen molar-refractivity contribution >= 4 is 68.0 Å². The van der Waals surface area contributed by atoms with Gasteiger partial charge in [0.1, 0.15) is 0 Å². The maximum absolute atomic E-state index is 2.36. The largest absolute Gasteiger partial charge is 0.331 e. The first-order valence-corrected chi connectivity index (χ1v) is 23.1. The summed E-state index contributed by atoms with van der Waals surface area (Å²) >= 11 is 11.7. The molecule has 0 aromatic carbocycles. The highest BCUT2D eigenvalue weighted by Crippen LogP contribution is 2.46. The molecule has 0 bridgehead atoms. The summed E-state index contributed by atoms with van der Waals surface area (Å²) in [6.07, 6.45) is 13.1. The molecule has 266 valence electrons. The fraction of sp³-hybridized carbons (Fsp3) is 0.429. The summed E-state index contributed by atoms with van der Waals surface area (Å²) in [5, 5.41) is 0. The summed E-state index contributed by atoms with van der Waals surface area (Å²) < 4.78 is 2.15. The Morgan fingerprint density at radius 2 is 0.540 bits per heavy atom. The number of aryl methyl sites for hydroxylation is 2. The van der Waals surface area contributed by atoms with Crippen LogP contribution in [-0.4, -0.2) is 64.3 Å². The third-order valence-corrected chi connectivity index (χ3v) is 16.6. The first-order valence-electron chi connectivity index (χ1n) is 18.2. The Morgan fingerprint density at radius 3 is 0.820 bits per heavy atom. The van der Waals surface area contributed by atoms with E-state index in [0.29, 0.717) is 0 Å². The molecule has 0 radical (unpaired) electrons. The van der Waals surface area contributed by atoms with Gasteiger partial charge in [0.15, 0.2) is 0 Å². The fourth-order valence-corrected chi connectivity index (χ4v) is 12.8. The second-order valence-corrected chi connectivity index (χ2v) is 22.2. The van der Waals surface area contributed by atoms with E-state index in [1.54, 1.807) is 0 Å². The molecule has 8 heteroatoms. The van der Waals surface area contributed by atoms with Crippen LogP contribution in [0.2, 0.25) is 0 Å². The first kappa shape index (κ1) is 37.9. The van der Waals surface area contributed by atoms with Gasteiger partial charge in [0.2, 0.25) is 0 Å². The SMILES string of the molecule is C[N+](C)(C)CCCCCCc1ccc(-c2ccc(-c3ccc(-c4ccc(-c5ccc(-c6ccc(CCCCCC[N+](C)(C)C)s6)s5)s4)s3)s2)s1. The predicted molar refractivity (Wildman–Crippen MR) is 231 cm³/mol. The molecular weight excluding hydrogens is 725 g/mol. The van der Waals surface area contributed by atoms with Gasteiger partial charge in [-0.15, -0.1) is 68.0 Å². The standard InChI is InChI=1S/C42H54N2S6/c1-43(2,3)29-13-9-7-11-15-31-17-19-33(45-31)35-21-23-37(47-35)39-25-27-41(49-39)42-28-26-40(50-42)38-24-22-36(48-38)34-20-18-32(46-34)16-12-8-10-14-30-44(4,5)6/h17-28H,7-16,29-30H2,1-6H3/q+2. The molecule has 0 unspecified atom stereocenters. The lowest BCUT2D eigenvalue weighted by atomic mass is 10.1. The molecule has 6 heterocycles. The van der Waals surface area contributed by atoms with Crippen LogP contribution in [0.1, 0.15) is 61.1 Å². The van der Waals surface area contributed by atoms with E-state index in [2.05, 4.69) is 115 Å². The fourth-order valence-electron chi connectivity index (χ4n) is 6.18. The highest BCUT2D eigenvalue weighted by Gasteiger charge is 2.14. The van der Waals surface area contributed by atoms with Crippen LogP contribution in [0.15, 0.2) is 72.8 Å². The third-order valence-electron chi connectivity index (χ3n) is 8.97. The molecule has 0 fully saturated rings. The van der Waals surface area contributed by atoms with E-state index < -0.39 is 0 Å². The van der Waals surface area contributed by atoms with Crippen LogP contribution < -0.4 is 0 Å². The van der Waals surface area contributed by atoms with Crippen LogP contribution in [0, 0.1) is 0 Å². The number of quaternary nitrogens is 2. The number of hydrogen-bond donors (Lipinski definition) is 0. The smallest absolute Gasteiger partial charge is 0.0780 e. The van der Waals surface area contributed by atoms with Gasteiger partial charge in [-0.1, -0.05) is 12.8 Å². The zero-order valence-electron chi connectivity index (χ0n) is 30.8. The zero-order chi connectivity index (χ0) is 35.1. The van der Waals surface area contributed by atoms with Gasteiger partial charge in [-0.2, -0.15) is 0 Å². The maximum atomic E-state index is 2.36. The average Bonchev–Trinajstić information content (AvgIpc) is 3.90. The average molecular weight is 779 g/mol. The number of unbranched alkanes of at least 4 members (excludes halogenated alkanes) is 6. The van der Waals surface area contributed by atoms with E-state index in [9.17, 15) is 0 Å². The topological polar surface area (TPSA) is 0 Å². The lowest BCUT2D eigenvalue weighted by Gasteiger charge is -2.23. The van der Waals surface area contributed by atoms with Gasteiger partial charge in [-0.25, -0.2) is 0 Å². The normalized spacial score (nSPS) is 12.4. The lowest BCUT2D eigenvalue weighted by molar-refractivity contribution is -0.870. The maximum Gasteiger partial charge on any atom is 0.0780 e. The molecule has 2 nitrogen and oxygen atoms in total. The van der Waals surface area contributed by atoms with Crippen molar-refractivity contribution in [2.45, 2.75) is 64.2 Å². The molecule has 0 N–H and O–H groups in total. The van der Waals surface area contributed by atoms with E-state index in [-0.39, 0.29) is 0 Å². The van der Waals surface area contributed by atoms with Crippen molar-refractivity contribution in [2.24, 2.45) is 0 Å². The molecule has 0 aliphatic carbocycles. The molecule has 0 saturated carbocycles. The summed E-state index contributed by atoms with van der Waals surface area (Å²) in [7, 11) is 13.7. The van der Waals surface area contributed by atoms with Crippen molar-refractivity contribution in [1.82, 2.24) is 0 Å². The molecule has 0 aliphatic rings. The van der Waals surface area contributed by atoms with Crippen molar-refractivity contribution in [3.8, 4) is 48.8 Å². The first-order chi connectivity index (χ1) is 24.0. The molecule has 50 heavy (non-hydrogen) atoms. The van der Waals surface area contributed by atoms with Crippen LogP contribution in [0.4, 0.5) is 0 Å². The van der Waals surface area contributed by atoms with Crippen LogP contribution in [-0.2, 0) is 12.8 Å². The summed E-state index contributed by atoms with van der Waals surface area (Å²) in [5.41, 5.74) is 0. The minimum Gasteiger partial charge on any atom is -0.331 e. The van der Waals surface area contributed by atoms with E-state index in [4.69, 9.17) is 0 Å². The van der Waals surface area contributed by atoms with Gasteiger partial charge in [0, 0.05) is 58.5 Å². The number of nitrogens with zero attached hydrogens (tertiary/aromatic N) is 2. The van der Waals surface area contributed by atoms with Gasteiger partial charge in [0.25, 0.3) is 0 Å². The number of rotatable bonds is 19. The molecule has 0 spiro atoms. The molecule has 0 atom stereocenters. The van der Waals surface area contributed by atoms with Crippen molar-refractivity contribution < 1.29 is 8.97 Å². The van der Waals surface area contributed by atoms with Crippen LogP contribution in [0.3, 0.4) is 0 Å². The second-order valence-electron chi connectivity index (χ2n) is 15.5. The molecule has 0 saturated heterocycles. The van der Waals surface area contributed by atoms with Gasteiger partial charge in [0.05, 0.1) is 55.4 Å². The molecule has 0 aliphatic heterocycles. The highest BCUT2D eigenvalue weighted by molar-refractivity contribution is 7.30. The van der Waals surface area contributed by atoms with Gasteiger partial charge in [-0.3, -0.25) is 0 Å². The zero-order valence-corrected chi connectivity index (χ0v) is 35.7. The van der Waals surface area contributed by atoms with Gasteiger partial charge >= 0.3 is 0 Å². The summed E-state index contributed by atoms with van der Waals surface area (Å²) in [4.78, 5) is 16.9. The second kappa shape index (κ2) is 17.3. The van der Waals surface area contributed by atoms with Gasteiger partial charge in [-0.05, 0) is 124 Å². The van der Waals surface area contributed by atoms with Crippen LogP contribution >= 0.6 is 68.0 Å². The Labute approximate surface area is 325 Å². The van der Waals surface area contributed by atoms with E-state index in [1.807, 2.05) is 68.0 Å². The third kappa shape index (κ3) is 11.1. The van der Waals surface area contributed by atoms with E-state index in [1.165, 1.54) is 136 Å². The highest BCUT2D eigenvalue weighted by atomic mass is 32.1. The molecule has 6 aromatic heterocycles. The van der Waals surface area contributed by atoms with Crippen LogP contribution in [0.25, 0.3) is 48.8 Å². The van der Waals surface area contributed by atoms with Crippen molar-refractivity contribution in [2.75, 3.05) is 55.4 Å². The summed E-state index contributed by atoms with van der Waals surface area (Å²) in [6.45, 7) is 2.55. The quantitative estimate of drug-likeness (QED) is 0.0567. The Kier molecular flexibility index (Phi) is 13.1. The van der Waals surface area contributed by atoms with Gasteiger partial charge < -0.3 is 8.97 Å². The Morgan fingerprint density at radius 1 is 0.300 bits per heavy atom. The summed E-state index contributed by atoms with van der Waals surface area (Å²) in [5.74, 6) is 0. The minimum atomic E-state index is 1.07. The lowest BCUT2D eigenvalue weighted by Crippen LogP contribution is -2.35. The molecule has 0 amide bonds. The molecule has 6 rings (SSSR count). The Balaban J connectivity index is 0.996. The molecular formula is C42H54N2S6+2. The number of thiophene rings is 6.